The van der Waals surface area contributed by atoms with Crippen LogP contribution >= 0.6 is 0 Å². The van der Waals surface area contributed by atoms with Gasteiger partial charge in [0.15, 0.2) is 5.72 Å². The molecular formula is C19H22N2O4. The Morgan fingerprint density at radius 1 is 1.20 bits per heavy atom. The molecule has 6 heteroatoms. The molecule has 1 aromatic carbocycles. The topological polar surface area (TPSA) is 59.1 Å². The number of methoxy groups -OCH3 is 1. The molecular weight excluding hydrogens is 320 g/mol. The van der Waals surface area contributed by atoms with Crippen molar-refractivity contribution in [2.75, 3.05) is 26.8 Å². The maximum absolute atomic E-state index is 13.4. The lowest BCUT2D eigenvalue weighted by atomic mass is 9.93. The van der Waals surface area contributed by atoms with Crippen LogP contribution < -0.4 is 4.74 Å². The Kier molecular flexibility index (Phi) is 3.02. The lowest BCUT2D eigenvalue weighted by Gasteiger charge is -2.33. The van der Waals surface area contributed by atoms with Gasteiger partial charge in [-0.25, -0.2) is 0 Å². The minimum Gasteiger partial charge on any atom is -0.497 e. The SMILES string of the molecule is COc1ccc(C2(C(=O)N3CC[C@@]45OCCN4C(=O)C[C@@H]35)CC2)cc1. The molecule has 3 heterocycles. The number of nitrogens with zero attached hydrogens (tertiary/aromatic N) is 2. The fraction of sp³-hybridized carbons (Fsp3) is 0.579. The van der Waals surface area contributed by atoms with E-state index in [2.05, 4.69) is 0 Å². The standard InChI is InChI=1S/C19H22N2O4/c1-24-14-4-2-13(3-5-14)18(6-7-18)17(23)20-9-8-19-15(20)12-16(22)21(19)10-11-25-19/h2-5,15H,6-12H2,1H3/t15-,19+/m1/s1. The molecule has 3 aliphatic heterocycles. The second-order valence-corrected chi connectivity index (χ2v) is 7.52. The second kappa shape index (κ2) is 4.97. The van der Waals surface area contributed by atoms with Crippen LogP contribution in [-0.2, 0) is 19.7 Å². The Hall–Kier alpha value is -2.08. The highest BCUT2D eigenvalue weighted by atomic mass is 16.5. The second-order valence-electron chi connectivity index (χ2n) is 7.52. The molecule has 1 aromatic rings. The minimum atomic E-state index is -0.553. The van der Waals surface area contributed by atoms with Crippen LogP contribution in [0.15, 0.2) is 24.3 Å². The van der Waals surface area contributed by atoms with Gasteiger partial charge in [0, 0.05) is 19.5 Å². The van der Waals surface area contributed by atoms with Crippen molar-refractivity contribution >= 4 is 11.8 Å². The summed E-state index contributed by atoms with van der Waals surface area (Å²) in [6, 6.07) is 7.68. The predicted molar refractivity (Wildman–Crippen MR) is 89.0 cm³/mol. The molecule has 5 rings (SSSR count). The number of carbonyl (C=O) groups excluding carboxylic acids is 2. The molecule has 6 nitrogen and oxygen atoms in total. The van der Waals surface area contributed by atoms with Gasteiger partial charge in [0.1, 0.15) is 5.75 Å². The van der Waals surface area contributed by atoms with E-state index in [1.54, 1.807) is 7.11 Å². The smallest absolute Gasteiger partial charge is 0.233 e. The molecule has 2 amide bonds. The number of carbonyl (C=O) groups is 2. The van der Waals surface area contributed by atoms with Crippen molar-refractivity contribution in [1.29, 1.82) is 0 Å². The Morgan fingerprint density at radius 2 is 1.96 bits per heavy atom. The molecule has 2 atom stereocenters. The van der Waals surface area contributed by atoms with Gasteiger partial charge in [0.05, 0.1) is 31.6 Å². The van der Waals surface area contributed by atoms with Crippen LogP contribution in [0.2, 0.25) is 0 Å². The number of hydrogen-bond acceptors (Lipinski definition) is 4. The first-order valence-corrected chi connectivity index (χ1v) is 9.01. The van der Waals surface area contributed by atoms with E-state index in [1.165, 1.54) is 0 Å². The number of benzene rings is 1. The number of hydrogen-bond donors (Lipinski definition) is 0. The summed E-state index contributed by atoms with van der Waals surface area (Å²) in [5.74, 6) is 1.07. The first-order valence-electron chi connectivity index (χ1n) is 9.01. The van der Waals surface area contributed by atoms with Gasteiger partial charge in [-0.05, 0) is 30.5 Å². The van der Waals surface area contributed by atoms with Gasteiger partial charge in [-0.3, -0.25) is 9.59 Å². The summed E-state index contributed by atoms with van der Waals surface area (Å²) in [7, 11) is 1.64. The van der Waals surface area contributed by atoms with Gasteiger partial charge < -0.3 is 19.3 Å². The van der Waals surface area contributed by atoms with E-state index in [4.69, 9.17) is 9.47 Å². The first-order chi connectivity index (χ1) is 12.1. The van der Waals surface area contributed by atoms with Crippen LogP contribution in [0.5, 0.6) is 5.75 Å². The van der Waals surface area contributed by atoms with Gasteiger partial charge in [-0.1, -0.05) is 12.1 Å². The highest BCUT2D eigenvalue weighted by Crippen LogP contribution is 2.53. The predicted octanol–water partition coefficient (Wildman–Crippen LogP) is 1.29. The molecule has 1 saturated carbocycles. The molecule has 0 aromatic heterocycles. The number of rotatable bonds is 3. The zero-order chi connectivity index (χ0) is 17.2. The maximum Gasteiger partial charge on any atom is 0.233 e. The van der Waals surface area contributed by atoms with Gasteiger partial charge in [-0.15, -0.1) is 0 Å². The number of likely N-dealkylation sites (tertiary alicyclic amines) is 1. The van der Waals surface area contributed by atoms with Gasteiger partial charge in [0.25, 0.3) is 0 Å². The summed E-state index contributed by atoms with van der Waals surface area (Å²) >= 11 is 0. The number of amides is 2. The summed E-state index contributed by atoms with van der Waals surface area (Å²) in [6.07, 6.45) is 2.86. The van der Waals surface area contributed by atoms with E-state index in [0.29, 0.717) is 26.1 Å². The number of ether oxygens (including phenoxy) is 2. The Labute approximate surface area is 146 Å². The lowest BCUT2D eigenvalue weighted by molar-refractivity contribution is -0.141. The van der Waals surface area contributed by atoms with Crippen molar-refractivity contribution < 1.29 is 19.1 Å². The van der Waals surface area contributed by atoms with Crippen LogP contribution in [0.3, 0.4) is 0 Å². The monoisotopic (exact) mass is 342 g/mol. The van der Waals surface area contributed by atoms with Crippen molar-refractivity contribution in [2.45, 2.75) is 42.9 Å². The van der Waals surface area contributed by atoms with Crippen molar-refractivity contribution in [3.05, 3.63) is 29.8 Å². The molecule has 0 radical (unpaired) electrons. The third kappa shape index (κ3) is 1.89. The third-order valence-corrected chi connectivity index (χ3v) is 6.46. The molecule has 3 saturated heterocycles. The molecule has 0 bridgehead atoms. The van der Waals surface area contributed by atoms with Crippen LogP contribution in [-0.4, -0.2) is 60.2 Å². The van der Waals surface area contributed by atoms with E-state index in [0.717, 1.165) is 30.6 Å². The van der Waals surface area contributed by atoms with Gasteiger partial charge >= 0.3 is 0 Å². The molecule has 25 heavy (non-hydrogen) atoms. The summed E-state index contributed by atoms with van der Waals surface area (Å²) < 4.78 is 11.2. The molecule has 4 fully saturated rings. The summed E-state index contributed by atoms with van der Waals surface area (Å²) in [5, 5.41) is 0. The molecule has 132 valence electrons. The van der Waals surface area contributed by atoms with E-state index < -0.39 is 11.1 Å². The molecule has 1 aliphatic carbocycles. The molecule has 0 N–H and O–H groups in total. The Balaban J connectivity index is 1.44. The van der Waals surface area contributed by atoms with E-state index in [-0.39, 0.29) is 17.9 Å². The maximum atomic E-state index is 13.4. The highest BCUT2D eigenvalue weighted by Gasteiger charge is 2.65. The fourth-order valence-electron chi connectivity index (χ4n) is 4.97. The zero-order valence-electron chi connectivity index (χ0n) is 14.4. The average molecular weight is 342 g/mol. The van der Waals surface area contributed by atoms with Crippen LogP contribution in [0.4, 0.5) is 0 Å². The van der Waals surface area contributed by atoms with Crippen LogP contribution in [0, 0.1) is 0 Å². The zero-order valence-corrected chi connectivity index (χ0v) is 14.4. The summed E-state index contributed by atoms with van der Waals surface area (Å²) in [4.78, 5) is 29.6. The summed E-state index contributed by atoms with van der Waals surface area (Å²) in [5.41, 5.74) is 0.0723. The lowest BCUT2D eigenvalue weighted by Crippen LogP contribution is -2.50. The highest BCUT2D eigenvalue weighted by molar-refractivity contribution is 5.93. The Bertz CT molecular complexity index is 742. The van der Waals surface area contributed by atoms with Crippen molar-refractivity contribution in [1.82, 2.24) is 9.80 Å². The molecule has 0 unspecified atom stereocenters. The van der Waals surface area contributed by atoms with Crippen molar-refractivity contribution in [3.63, 3.8) is 0 Å². The van der Waals surface area contributed by atoms with Crippen LogP contribution in [0.25, 0.3) is 0 Å². The largest absolute Gasteiger partial charge is 0.497 e. The third-order valence-electron chi connectivity index (χ3n) is 6.46. The van der Waals surface area contributed by atoms with Crippen molar-refractivity contribution in [2.24, 2.45) is 0 Å². The Morgan fingerprint density at radius 3 is 2.64 bits per heavy atom. The van der Waals surface area contributed by atoms with E-state index in [1.807, 2.05) is 34.1 Å². The minimum absolute atomic E-state index is 0.120. The van der Waals surface area contributed by atoms with E-state index >= 15 is 0 Å². The normalized spacial score (nSPS) is 31.9. The molecule has 1 spiro atoms. The van der Waals surface area contributed by atoms with Crippen LogP contribution in [0.1, 0.15) is 31.2 Å². The average Bonchev–Trinajstić information content (AvgIpc) is 3.12. The van der Waals surface area contributed by atoms with Gasteiger partial charge in [-0.2, -0.15) is 0 Å². The molecule has 4 aliphatic rings. The fourth-order valence-corrected chi connectivity index (χ4v) is 4.97. The quantitative estimate of drug-likeness (QED) is 0.830. The summed E-state index contributed by atoms with van der Waals surface area (Å²) in [6.45, 7) is 1.90. The van der Waals surface area contributed by atoms with Gasteiger partial charge in [0.2, 0.25) is 11.8 Å². The van der Waals surface area contributed by atoms with E-state index in [9.17, 15) is 9.59 Å². The van der Waals surface area contributed by atoms with Crippen molar-refractivity contribution in [3.8, 4) is 5.75 Å². The first kappa shape index (κ1) is 15.2.